The standard InChI is InChI=1S/C12H11BrN2O/c13-11-3-1-10(2-4-11)12(16)5-7-15-8-6-14-9-15/h1-4,6,8-9H,5,7H2. The first kappa shape index (κ1) is 11.1. The number of aryl methyl sites for hydroxylation is 1. The molecule has 2 rings (SSSR count). The molecule has 2 aromatic rings. The lowest BCUT2D eigenvalue weighted by Gasteiger charge is -2.02. The molecule has 0 atom stereocenters. The number of carbonyl (C=O) groups is 1. The van der Waals surface area contributed by atoms with Gasteiger partial charge < -0.3 is 4.57 Å². The maximum atomic E-state index is 11.8. The monoisotopic (exact) mass is 278 g/mol. The fourth-order valence-corrected chi connectivity index (χ4v) is 1.69. The molecule has 0 spiro atoms. The van der Waals surface area contributed by atoms with Crippen LogP contribution in [0.1, 0.15) is 16.8 Å². The second-order valence-corrected chi connectivity index (χ2v) is 4.40. The molecule has 0 bridgehead atoms. The molecular weight excluding hydrogens is 268 g/mol. The first-order valence-corrected chi connectivity index (χ1v) is 5.79. The summed E-state index contributed by atoms with van der Waals surface area (Å²) in [6.07, 6.45) is 5.78. The van der Waals surface area contributed by atoms with Gasteiger partial charge in [-0.3, -0.25) is 4.79 Å². The zero-order valence-corrected chi connectivity index (χ0v) is 10.2. The van der Waals surface area contributed by atoms with Gasteiger partial charge in [-0.25, -0.2) is 4.98 Å². The molecule has 0 N–H and O–H groups in total. The van der Waals surface area contributed by atoms with Crippen LogP contribution < -0.4 is 0 Å². The van der Waals surface area contributed by atoms with Gasteiger partial charge in [0.2, 0.25) is 0 Å². The summed E-state index contributed by atoms with van der Waals surface area (Å²) in [5.41, 5.74) is 0.753. The molecule has 0 amide bonds. The Kier molecular flexibility index (Phi) is 3.51. The molecule has 0 saturated heterocycles. The molecule has 16 heavy (non-hydrogen) atoms. The van der Waals surface area contributed by atoms with Crippen molar-refractivity contribution < 1.29 is 4.79 Å². The number of Topliss-reactive ketones (excluding diaryl/α,β-unsaturated/α-hetero) is 1. The Morgan fingerprint density at radius 1 is 1.31 bits per heavy atom. The first-order chi connectivity index (χ1) is 7.75. The second kappa shape index (κ2) is 5.07. The van der Waals surface area contributed by atoms with Gasteiger partial charge in [0.25, 0.3) is 0 Å². The molecule has 0 saturated carbocycles. The molecule has 0 aliphatic heterocycles. The first-order valence-electron chi connectivity index (χ1n) is 5.00. The second-order valence-electron chi connectivity index (χ2n) is 3.48. The number of nitrogens with zero attached hydrogens (tertiary/aromatic N) is 2. The number of hydrogen-bond acceptors (Lipinski definition) is 2. The van der Waals surface area contributed by atoms with E-state index in [0.717, 1.165) is 10.0 Å². The van der Waals surface area contributed by atoms with E-state index in [1.807, 2.05) is 35.0 Å². The van der Waals surface area contributed by atoms with Crippen molar-refractivity contribution in [3.8, 4) is 0 Å². The third-order valence-electron chi connectivity index (χ3n) is 2.32. The van der Waals surface area contributed by atoms with Crippen LogP contribution in [0.25, 0.3) is 0 Å². The van der Waals surface area contributed by atoms with Crippen molar-refractivity contribution >= 4 is 21.7 Å². The lowest BCUT2D eigenvalue weighted by Crippen LogP contribution is -2.04. The summed E-state index contributed by atoms with van der Waals surface area (Å²) in [5.74, 6) is 0.154. The highest BCUT2D eigenvalue weighted by atomic mass is 79.9. The predicted molar refractivity (Wildman–Crippen MR) is 65.3 cm³/mol. The fraction of sp³-hybridized carbons (Fsp3) is 0.167. The molecule has 0 radical (unpaired) electrons. The highest BCUT2D eigenvalue weighted by molar-refractivity contribution is 9.10. The Balaban J connectivity index is 1.95. The largest absolute Gasteiger partial charge is 0.337 e. The van der Waals surface area contributed by atoms with Gasteiger partial charge in [-0.15, -0.1) is 0 Å². The normalized spacial score (nSPS) is 10.3. The Morgan fingerprint density at radius 2 is 2.06 bits per heavy atom. The smallest absolute Gasteiger partial charge is 0.164 e. The average molecular weight is 279 g/mol. The number of aromatic nitrogens is 2. The topological polar surface area (TPSA) is 34.9 Å². The SMILES string of the molecule is O=C(CCn1ccnc1)c1ccc(Br)cc1. The number of imidazole rings is 1. The lowest BCUT2D eigenvalue weighted by molar-refractivity contribution is 0.0977. The quantitative estimate of drug-likeness (QED) is 0.806. The molecule has 4 heteroatoms. The van der Waals surface area contributed by atoms with E-state index < -0.39 is 0 Å². The summed E-state index contributed by atoms with van der Waals surface area (Å²) in [5, 5.41) is 0. The molecule has 1 aromatic heterocycles. The van der Waals surface area contributed by atoms with Gasteiger partial charge in [0.05, 0.1) is 6.33 Å². The highest BCUT2D eigenvalue weighted by Crippen LogP contribution is 2.12. The van der Waals surface area contributed by atoms with Crippen LogP contribution >= 0.6 is 15.9 Å². The Bertz CT molecular complexity index is 462. The summed E-state index contributed by atoms with van der Waals surface area (Å²) < 4.78 is 2.88. The van der Waals surface area contributed by atoms with E-state index in [9.17, 15) is 4.79 Å². The zero-order chi connectivity index (χ0) is 11.4. The summed E-state index contributed by atoms with van der Waals surface area (Å²) in [7, 11) is 0. The third-order valence-corrected chi connectivity index (χ3v) is 2.85. The van der Waals surface area contributed by atoms with Gasteiger partial charge >= 0.3 is 0 Å². The van der Waals surface area contributed by atoms with Crippen molar-refractivity contribution in [1.82, 2.24) is 9.55 Å². The van der Waals surface area contributed by atoms with Gasteiger partial charge in [0, 0.05) is 35.4 Å². The summed E-state index contributed by atoms with van der Waals surface area (Å²) in [4.78, 5) is 15.7. The van der Waals surface area contributed by atoms with Gasteiger partial charge in [0.15, 0.2) is 5.78 Å². The van der Waals surface area contributed by atoms with Crippen LogP contribution in [0.2, 0.25) is 0 Å². The van der Waals surface area contributed by atoms with Crippen LogP contribution in [-0.2, 0) is 6.54 Å². The molecular formula is C12H11BrN2O. The molecule has 0 aliphatic carbocycles. The molecule has 82 valence electrons. The van der Waals surface area contributed by atoms with Gasteiger partial charge in [-0.2, -0.15) is 0 Å². The number of carbonyl (C=O) groups excluding carboxylic acids is 1. The Morgan fingerprint density at radius 3 is 2.69 bits per heavy atom. The summed E-state index contributed by atoms with van der Waals surface area (Å²) in [6.45, 7) is 0.675. The molecule has 1 heterocycles. The number of hydrogen-bond donors (Lipinski definition) is 0. The van der Waals surface area contributed by atoms with Crippen LogP contribution in [-0.4, -0.2) is 15.3 Å². The van der Waals surface area contributed by atoms with E-state index >= 15 is 0 Å². The Hall–Kier alpha value is -1.42. The number of halogens is 1. The van der Waals surface area contributed by atoms with Crippen molar-refractivity contribution in [3.05, 3.63) is 53.0 Å². The van der Waals surface area contributed by atoms with Crippen LogP contribution in [0.4, 0.5) is 0 Å². The summed E-state index contributed by atoms with van der Waals surface area (Å²) in [6, 6.07) is 7.43. The fourth-order valence-electron chi connectivity index (χ4n) is 1.43. The van der Waals surface area contributed by atoms with Crippen LogP contribution in [0.5, 0.6) is 0 Å². The third kappa shape index (κ3) is 2.79. The predicted octanol–water partition coefficient (Wildman–Crippen LogP) is 2.92. The minimum Gasteiger partial charge on any atom is -0.337 e. The summed E-state index contributed by atoms with van der Waals surface area (Å²) >= 11 is 3.34. The van der Waals surface area contributed by atoms with Crippen molar-refractivity contribution in [3.63, 3.8) is 0 Å². The molecule has 0 aliphatic rings. The van der Waals surface area contributed by atoms with Crippen molar-refractivity contribution in [2.75, 3.05) is 0 Å². The maximum absolute atomic E-state index is 11.8. The molecule has 0 unspecified atom stereocenters. The average Bonchev–Trinajstić information content (AvgIpc) is 2.80. The molecule has 3 nitrogen and oxygen atoms in total. The highest BCUT2D eigenvalue weighted by Gasteiger charge is 2.05. The van der Waals surface area contributed by atoms with E-state index in [0.29, 0.717) is 13.0 Å². The van der Waals surface area contributed by atoms with Crippen LogP contribution in [0.3, 0.4) is 0 Å². The van der Waals surface area contributed by atoms with E-state index in [2.05, 4.69) is 20.9 Å². The van der Waals surface area contributed by atoms with E-state index in [1.54, 1.807) is 12.5 Å². The number of benzene rings is 1. The minimum atomic E-state index is 0.154. The van der Waals surface area contributed by atoms with Crippen molar-refractivity contribution in [1.29, 1.82) is 0 Å². The van der Waals surface area contributed by atoms with E-state index in [-0.39, 0.29) is 5.78 Å². The maximum Gasteiger partial charge on any atom is 0.164 e. The number of rotatable bonds is 4. The number of ketones is 1. The van der Waals surface area contributed by atoms with Gasteiger partial charge in [0.1, 0.15) is 0 Å². The van der Waals surface area contributed by atoms with Crippen LogP contribution in [0.15, 0.2) is 47.5 Å². The Labute approximate surface area is 102 Å². The van der Waals surface area contributed by atoms with Gasteiger partial charge in [-0.05, 0) is 12.1 Å². The molecule has 0 fully saturated rings. The van der Waals surface area contributed by atoms with Crippen LogP contribution in [0, 0.1) is 0 Å². The van der Waals surface area contributed by atoms with Gasteiger partial charge in [-0.1, -0.05) is 28.1 Å². The minimum absolute atomic E-state index is 0.154. The van der Waals surface area contributed by atoms with Crippen molar-refractivity contribution in [2.45, 2.75) is 13.0 Å². The zero-order valence-electron chi connectivity index (χ0n) is 8.64. The lowest BCUT2D eigenvalue weighted by atomic mass is 10.1. The molecule has 1 aromatic carbocycles. The van der Waals surface area contributed by atoms with Crippen molar-refractivity contribution in [2.24, 2.45) is 0 Å². The van der Waals surface area contributed by atoms with E-state index in [1.165, 1.54) is 0 Å². The van der Waals surface area contributed by atoms with E-state index in [4.69, 9.17) is 0 Å².